The number of aromatic nitrogens is 1. The van der Waals surface area contributed by atoms with Crippen LogP contribution in [0.1, 0.15) is 0 Å². The summed E-state index contributed by atoms with van der Waals surface area (Å²) in [6, 6.07) is 3.89. The van der Waals surface area contributed by atoms with Crippen LogP contribution in [0.15, 0.2) is 23.3 Å². The van der Waals surface area contributed by atoms with Crippen molar-refractivity contribution in [2.24, 2.45) is 4.99 Å². The van der Waals surface area contributed by atoms with Gasteiger partial charge >= 0.3 is 0 Å². The largest absolute Gasteiger partial charge is 0.378 e. The monoisotopic (exact) mass is 191 g/mol. The van der Waals surface area contributed by atoms with Gasteiger partial charge in [-0.1, -0.05) is 0 Å². The van der Waals surface area contributed by atoms with E-state index in [1.165, 1.54) is 0 Å². The number of pyridine rings is 1. The van der Waals surface area contributed by atoms with Crippen LogP contribution in [-0.2, 0) is 4.74 Å². The van der Waals surface area contributed by atoms with Gasteiger partial charge in [0.15, 0.2) is 0 Å². The van der Waals surface area contributed by atoms with Gasteiger partial charge in [-0.15, -0.1) is 0 Å². The predicted molar refractivity (Wildman–Crippen MR) is 56.5 cm³/mol. The molecule has 1 aromatic rings. The molecule has 0 bridgehead atoms. The van der Waals surface area contributed by atoms with Gasteiger partial charge in [0.1, 0.15) is 5.82 Å². The quantitative estimate of drug-likeness (QED) is 0.660. The van der Waals surface area contributed by atoms with E-state index >= 15 is 0 Å². The highest BCUT2D eigenvalue weighted by molar-refractivity contribution is 5.49. The standard InChI is InChI=1S/C10H13N3O/c1-11-9-2-3-10(12-8-9)13-4-6-14-7-5-13/h2-3,8H,1,4-7H2. The summed E-state index contributed by atoms with van der Waals surface area (Å²) >= 11 is 0. The van der Waals surface area contributed by atoms with E-state index in [4.69, 9.17) is 4.74 Å². The first-order valence-corrected chi connectivity index (χ1v) is 4.65. The van der Waals surface area contributed by atoms with E-state index in [0.29, 0.717) is 0 Å². The van der Waals surface area contributed by atoms with Crippen LogP contribution in [0.3, 0.4) is 0 Å². The van der Waals surface area contributed by atoms with Crippen molar-refractivity contribution in [1.82, 2.24) is 4.98 Å². The molecule has 14 heavy (non-hydrogen) atoms. The van der Waals surface area contributed by atoms with E-state index in [-0.39, 0.29) is 0 Å². The lowest BCUT2D eigenvalue weighted by atomic mass is 10.3. The molecule has 1 aliphatic heterocycles. The number of morpholine rings is 1. The van der Waals surface area contributed by atoms with Gasteiger partial charge < -0.3 is 9.64 Å². The Hall–Kier alpha value is -1.42. The highest BCUT2D eigenvalue weighted by atomic mass is 16.5. The van der Waals surface area contributed by atoms with Crippen molar-refractivity contribution in [2.45, 2.75) is 0 Å². The fourth-order valence-corrected chi connectivity index (χ4v) is 1.45. The minimum Gasteiger partial charge on any atom is -0.378 e. The highest BCUT2D eigenvalue weighted by Crippen LogP contribution is 2.16. The summed E-state index contributed by atoms with van der Waals surface area (Å²) in [6.07, 6.45) is 1.73. The van der Waals surface area contributed by atoms with Gasteiger partial charge in [0.05, 0.1) is 25.1 Å². The lowest BCUT2D eigenvalue weighted by Crippen LogP contribution is -2.36. The van der Waals surface area contributed by atoms with Crippen LogP contribution in [-0.4, -0.2) is 38.0 Å². The second kappa shape index (κ2) is 4.19. The van der Waals surface area contributed by atoms with Crippen molar-refractivity contribution in [3.05, 3.63) is 18.3 Å². The number of ether oxygens (including phenoxy) is 1. The van der Waals surface area contributed by atoms with E-state index in [1.807, 2.05) is 12.1 Å². The van der Waals surface area contributed by atoms with E-state index in [2.05, 4.69) is 21.6 Å². The van der Waals surface area contributed by atoms with Crippen molar-refractivity contribution < 1.29 is 4.74 Å². The molecule has 4 nitrogen and oxygen atoms in total. The van der Waals surface area contributed by atoms with Crippen molar-refractivity contribution in [3.63, 3.8) is 0 Å². The Balaban J connectivity index is 2.11. The summed E-state index contributed by atoms with van der Waals surface area (Å²) in [4.78, 5) is 10.3. The summed E-state index contributed by atoms with van der Waals surface area (Å²) in [7, 11) is 0. The van der Waals surface area contributed by atoms with Gasteiger partial charge in [0, 0.05) is 13.1 Å². The van der Waals surface area contributed by atoms with E-state index in [0.717, 1.165) is 37.8 Å². The van der Waals surface area contributed by atoms with Crippen molar-refractivity contribution in [3.8, 4) is 0 Å². The molecule has 1 aliphatic rings. The third-order valence-electron chi connectivity index (χ3n) is 2.25. The molecule has 0 aromatic carbocycles. The minimum atomic E-state index is 0.781. The lowest BCUT2D eigenvalue weighted by Gasteiger charge is -2.27. The van der Waals surface area contributed by atoms with Gasteiger partial charge in [0.2, 0.25) is 0 Å². The third kappa shape index (κ3) is 1.90. The molecule has 1 fully saturated rings. The Kier molecular flexibility index (Phi) is 2.74. The third-order valence-corrected chi connectivity index (χ3v) is 2.25. The summed E-state index contributed by atoms with van der Waals surface area (Å²) in [5.41, 5.74) is 0.807. The van der Waals surface area contributed by atoms with Crippen LogP contribution < -0.4 is 4.90 Å². The van der Waals surface area contributed by atoms with E-state index in [1.54, 1.807) is 6.20 Å². The average molecular weight is 191 g/mol. The van der Waals surface area contributed by atoms with Crippen LogP contribution in [0.4, 0.5) is 11.5 Å². The summed E-state index contributed by atoms with van der Waals surface area (Å²) in [5, 5.41) is 0. The molecule has 0 N–H and O–H groups in total. The van der Waals surface area contributed by atoms with Crippen molar-refractivity contribution in [1.29, 1.82) is 0 Å². The summed E-state index contributed by atoms with van der Waals surface area (Å²) < 4.78 is 5.27. The maximum atomic E-state index is 5.27. The van der Waals surface area contributed by atoms with Gasteiger partial charge in [-0.25, -0.2) is 4.98 Å². The zero-order valence-electron chi connectivity index (χ0n) is 8.02. The molecular formula is C10H13N3O. The maximum Gasteiger partial charge on any atom is 0.128 e. The van der Waals surface area contributed by atoms with Gasteiger partial charge in [-0.05, 0) is 18.9 Å². The molecule has 1 aromatic heterocycles. The Morgan fingerprint density at radius 3 is 2.71 bits per heavy atom. The lowest BCUT2D eigenvalue weighted by molar-refractivity contribution is 0.122. The first-order valence-electron chi connectivity index (χ1n) is 4.65. The van der Waals surface area contributed by atoms with Gasteiger partial charge in [0.25, 0.3) is 0 Å². The molecule has 0 amide bonds. The zero-order chi connectivity index (χ0) is 9.80. The Labute approximate surface area is 83.2 Å². The Morgan fingerprint density at radius 2 is 2.14 bits per heavy atom. The number of hydrogen-bond acceptors (Lipinski definition) is 4. The molecule has 0 atom stereocenters. The number of hydrogen-bond donors (Lipinski definition) is 0. The normalized spacial score (nSPS) is 16.7. The first kappa shape index (κ1) is 9.15. The number of rotatable bonds is 2. The van der Waals surface area contributed by atoms with Crippen LogP contribution in [0.5, 0.6) is 0 Å². The molecule has 2 rings (SSSR count). The molecule has 1 saturated heterocycles. The predicted octanol–water partition coefficient (Wildman–Crippen LogP) is 1.25. The van der Waals surface area contributed by atoms with Crippen LogP contribution >= 0.6 is 0 Å². The van der Waals surface area contributed by atoms with Crippen LogP contribution in [0, 0.1) is 0 Å². The van der Waals surface area contributed by atoms with E-state index in [9.17, 15) is 0 Å². The minimum absolute atomic E-state index is 0.781. The van der Waals surface area contributed by atoms with Crippen LogP contribution in [0.25, 0.3) is 0 Å². The number of anilines is 1. The molecule has 0 spiro atoms. The molecule has 2 heterocycles. The highest BCUT2D eigenvalue weighted by Gasteiger charge is 2.11. The molecule has 0 saturated carbocycles. The SMILES string of the molecule is C=Nc1ccc(N2CCOCC2)nc1. The number of aliphatic imine (C=N–C) groups is 1. The van der Waals surface area contributed by atoms with Gasteiger partial charge in [-0.3, -0.25) is 4.99 Å². The summed E-state index contributed by atoms with van der Waals surface area (Å²) in [5.74, 6) is 0.987. The second-order valence-electron chi connectivity index (χ2n) is 3.13. The zero-order valence-corrected chi connectivity index (χ0v) is 8.02. The first-order chi connectivity index (χ1) is 6.90. The fraction of sp³-hybridized carbons (Fsp3) is 0.400. The molecule has 4 heteroatoms. The molecule has 0 radical (unpaired) electrons. The second-order valence-corrected chi connectivity index (χ2v) is 3.13. The van der Waals surface area contributed by atoms with Crippen molar-refractivity contribution in [2.75, 3.05) is 31.2 Å². The Morgan fingerprint density at radius 1 is 1.36 bits per heavy atom. The maximum absolute atomic E-state index is 5.27. The van der Waals surface area contributed by atoms with E-state index < -0.39 is 0 Å². The topological polar surface area (TPSA) is 37.7 Å². The van der Waals surface area contributed by atoms with Crippen LogP contribution in [0.2, 0.25) is 0 Å². The molecule has 0 aliphatic carbocycles. The Bertz CT molecular complexity index is 304. The summed E-state index contributed by atoms with van der Waals surface area (Å²) in [6.45, 7) is 6.83. The molecular weight excluding hydrogens is 178 g/mol. The fourth-order valence-electron chi connectivity index (χ4n) is 1.45. The molecule has 0 unspecified atom stereocenters. The number of nitrogens with zero attached hydrogens (tertiary/aromatic N) is 3. The molecule has 74 valence electrons. The average Bonchev–Trinajstić information content (AvgIpc) is 2.30. The van der Waals surface area contributed by atoms with Gasteiger partial charge in [-0.2, -0.15) is 0 Å². The smallest absolute Gasteiger partial charge is 0.128 e. The van der Waals surface area contributed by atoms with Crippen molar-refractivity contribution >= 4 is 18.2 Å².